The van der Waals surface area contributed by atoms with Gasteiger partial charge >= 0.3 is 0 Å². The minimum absolute atomic E-state index is 0.0418. The Balaban J connectivity index is 2.46. The first-order valence-corrected chi connectivity index (χ1v) is 8.13. The average molecular weight is 451 g/mol. The van der Waals surface area contributed by atoms with Crippen LogP contribution in [0.4, 0.5) is 0 Å². The molecular weight excluding hydrogens is 440 g/mol. The summed E-state index contributed by atoms with van der Waals surface area (Å²) in [5.74, 6) is -0.0418. The summed E-state index contributed by atoms with van der Waals surface area (Å²) in [5.41, 5.74) is 1.21. The fourth-order valence-electron chi connectivity index (χ4n) is 1.79. The van der Waals surface area contributed by atoms with E-state index in [0.29, 0.717) is 11.3 Å². The molecule has 0 fully saturated rings. The summed E-state index contributed by atoms with van der Waals surface area (Å²) >= 11 is 10.2. The molecule has 0 atom stereocenters. The number of hydrogen-bond acceptors (Lipinski definition) is 2. The molecule has 0 radical (unpaired) electrons. The molecule has 0 saturated carbocycles. The molecule has 2 aromatic rings. The van der Waals surface area contributed by atoms with Gasteiger partial charge in [0.05, 0.1) is 10.7 Å². The molecule has 0 spiro atoms. The van der Waals surface area contributed by atoms with E-state index in [1.54, 1.807) is 10.9 Å². The van der Waals surface area contributed by atoms with Crippen molar-refractivity contribution < 1.29 is 4.79 Å². The molecule has 1 aromatic heterocycles. The van der Waals surface area contributed by atoms with Crippen LogP contribution in [0.3, 0.4) is 0 Å². The maximum Gasteiger partial charge on any atom is 0.212 e. The number of halogens is 3. The third-order valence-electron chi connectivity index (χ3n) is 2.57. The predicted molar refractivity (Wildman–Crippen MR) is 85.5 cm³/mol. The molecule has 0 aliphatic rings. The fraction of sp³-hybridized carbons (Fsp3) is 0.231. The lowest BCUT2D eigenvalue weighted by Crippen LogP contribution is -2.12. The van der Waals surface area contributed by atoms with Gasteiger partial charge in [-0.25, -0.2) is 0 Å². The molecule has 1 heterocycles. The fourth-order valence-corrected chi connectivity index (χ4v) is 3.56. The van der Waals surface area contributed by atoms with Crippen LogP contribution in [0.15, 0.2) is 37.8 Å². The third kappa shape index (κ3) is 3.35. The van der Waals surface area contributed by atoms with E-state index in [9.17, 15) is 4.79 Å². The number of nitrogens with zero attached hydrogens (tertiary/aromatic N) is 2. The van der Waals surface area contributed by atoms with Crippen LogP contribution >= 0.6 is 47.8 Å². The summed E-state index contributed by atoms with van der Waals surface area (Å²) < 4.78 is 4.19. The van der Waals surface area contributed by atoms with E-state index >= 15 is 0 Å². The number of hydrogen-bond donors (Lipinski definition) is 0. The first-order valence-electron chi connectivity index (χ1n) is 5.75. The van der Waals surface area contributed by atoms with Gasteiger partial charge in [0.1, 0.15) is 5.69 Å². The SMILES string of the molecule is CCCn1ncc(Br)c1C(=O)c1cc(Br)cc(Br)c1. The van der Waals surface area contributed by atoms with Crippen LogP contribution in [-0.4, -0.2) is 15.6 Å². The highest BCUT2D eigenvalue weighted by Gasteiger charge is 2.19. The third-order valence-corrected chi connectivity index (χ3v) is 4.07. The van der Waals surface area contributed by atoms with Gasteiger partial charge in [-0.05, 0) is 40.5 Å². The molecule has 6 heteroatoms. The van der Waals surface area contributed by atoms with Crippen LogP contribution in [-0.2, 0) is 6.54 Å². The maximum atomic E-state index is 12.6. The van der Waals surface area contributed by atoms with Crippen molar-refractivity contribution in [2.75, 3.05) is 0 Å². The van der Waals surface area contributed by atoms with Crippen LogP contribution in [0.5, 0.6) is 0 Å². The summed E-state index contributed by atoms with van der Waals surface area (Å²) in [6.45, 7) is 2.78. The van der Waals surface area contributed by atoms with E-state index in [1.165, 1.54) is 0 Å². The van der Waals surface area contributed by atoms with Crippen molar-refractivity contribution in [3.05, 3.63) is 49.1 Å². The first kappa shape index (κ1) is 14.9. The second-order valence-corrected chi connectivity index (χ2v) is 6.74. The van der Waals surface area contributed by atoms with E-state index in [4.69, 9.17) is 0 Å². The lowest BCUT2D eigenvalue weighted by Gasteiger charge is -2.07. The van der Waals surface area contributed by atoms with Gasteiger partial charge in [-0.1, -0.05) is 38.8 Å². The number of ketones is 1. The molecule has 100 valence electrons. The molecule has 0 bridgehead atoms. The number of aryl methyl sites for hydroxylation is 1. The van der Waals surface area contributed by atoms with E-state index in [0.717, 1.165) is 26.4 Å². The van der Waals surface area contributed by atoms with E-state index in [2.05, 4.69) is 59.8 Å². The Kier molecular flexibility index (Phi) is 4.97. The van der Waals surface area contributed by atoms with E-state index in [1.807, 2.05) is 18.2 Å². The van der Waals surface area contributed by atoms with Crippen LogP contribution in [0.25, 0.3) is 0 Å². The van der Waals surface area contributed by atoms with Crippen LogP contribution in [0.1, 0.15) is 29.4 Å². The average Bonchev–Trinajstić information content (AvgIpc) is 2.69. The second kappa shape index (κ2) is 6.33. The number of carbonyl (C=O) groups is 1. The summed E-state index contributed by atoms with van der Waals surface area (Å²) in [4.78, 5) is 12.6. The Morgan fingerprint density at radius 2 is 1.84 bits per heavy atom. The van der Waals surface area contributed by atoms with Crippen molar-refractivity contribution >= 4 is 53.6 Å². The van der Waals surface area contributed by atoms with Gasteiger partial charge < -0.3 is 0 Å². The topological polar surface area (TPSA) is 34.9 Å². The molecule has 0 aliphatic heterocycles. The highest BCUT2D eigenvalue weighted by Crippen LogP contribution is 2.25. The molecule has 0 unspecified atom stereocenters. The number of aromatic nitrogens is 2. The second-order valence-electron chi connectivity index (χ2n) is 4.05. The lowest BCUT2D eigenvalue weighted by atomic mass is 10.1. The monoisotopic (exact) mass is 448 g/mol. The summed E-state index contributed by atoms with van der Waals surface area (Å²) in [6, 6.07) is 5.51. The quantitative estimate of drug-likeness (QED) is 0.626. The summed E-state index contributed by atoms with van der Waals surface area (Å²) in [7, 11) is 0. The molecule has 0 aliphatic carbocycles. The Bertz CT molecular complexity index is 602. The zero-order chi connectivity index (χ0) is 14.0. The maximum absolute atomic E-state index is 12.6. The minimum Gasteiger partial charge on any atom is -0.287 e. The lowest BCUT2D eigenvalue weighted by molar-refractivity contribution is 0.102. The van der Waals surface area contributed by atoms with Gasteiger partial charge in [0, 0.05) is 21.1 Å². The molecule has 0 N–H and O–H groups in total. The Morgan fingerprint density at radius 3 is 2.42 bits per heavy atom. The van der Waals surface area contributed by atoms with Crippen LogP contribution < -0.4 is 0 Å². The molecule has 19 heavy (non-hydrogen) atoms. The standard InChI is InChI=1S/C13H11Br3N2O/c1-2-3-18-12(11(16)7-17-18)13(19)8-4-9(14)6-10(15)5-8/h4-7H,2-3H2,1H3. The van der Waals surface area contributed by atoms with Crippen molar-refractivity contribution in [3.8, 4) is 0 Å². The molecule has 0 saturated heterocycles. The first-order chi connectivity index (χ1) is 9.02. The summed E-state index contributed by atoms with van der Waals surface area (Å²) in [5, 5.41) is 4.22. The number of benzene rings is 1. The Labute approximate surface area is 136 Å². The zero-order valence-electron chi connectivity index (χ0n) is 10.2. The van der Waals surface area contributed by atoms with Gasteiger partial charge in [0.25, 0.3) is 0 Å². The van der Waals surface area contributed by atoms with Gasteiger partial charge in [0.15, 0.2) is 0 Å². The Hall–Kier alpha value is -0.460. The van der Waals surface area contributed by atoms with Crippen molar-refractivity contribution in [3.63, 3.8) is 0 Å². The van der Waals surface area contributed by atoms with Crippen molar-refractivity contribution in [2.45, 2.75) is 19.9 Å². The normalized spacial score (nSPS) is 10.7. The van der Waals surface area contributed by atoms with Gasteiger partial charge in [0.2, 0.25) is 5.78 Å². The molecule has 0 amide bonds. The number of rotatable bonds is 4. The Morgan fingerprint density at radius 1 is 1.21 bits per heavy atom. The van der Waals surface area contributed by atoms with Crippen LogP contribution in [0, 0.1) is 0 Å². The van der Waals surface area contributed by atoms with Gasteiger partial charge in [-0.15, -0.1) is 0 Å². The molecule has 3 nitrogen and oxygen atoms in total. The molecular formula is C13H11Br3N2O. The molecule has 1 aromatic carbocycles. The minimum atomic E-state index is -0.0418. The zero-order valence-corrected chi connectivity index (χ0v) is 14.9. The molecule has 2 rings (SSSR count). The van der Waals surface area contributed by atoms with Crippen molar-refractivity contribution in [1.82, 2.24) is 9.78 Å². The van der Waals surface area contributed by atoms with E-state index < -0.39 is 0 Å². The van der Waals surface area contributed by atoms with Gasteiger partial charge in [-0.3, -0.25) is 9.48 Å². The van der Waals surface area contributed by atoms with E-state index in [-0.39, 0.29) is 5.78 Å². The largest absolute Gasteiger partial charge is 0.287 e. The van der Waals surface area contributed by atoms with Crippen molar-refractivity contribution in [1.29, 1.82) is 0 Å². The predicted octanol–water partition coefficient (Wildman–Crippen LogP) is 4.81. The highest BCUT2D eigenvalue weighted by atomic mass is 79.9. The summed E-state index contributed by atoms with van der Waals surface area (Å²) in [6.07, 6.45) is 2.59. The van der Waals surface area contributed by atoms with Gasteiger partial charge in [-0.2, -0.15) is 5.10 Å². The number of carbonyl (C=O) groups excluding carboxylic acids is 1. The van der Waals surface area contributed by atoms with Crippen LogP contribution in [0.2, 0.25) is 0 Å². The van der Waals surface area contributed by atoms with Crippen molar-refractivity contribution in [2.24, 2.45) is 0 Å². The highest BCUT2D eigenvalue weighted by molar-refractivity contribution is 9.11. The smallest absolute Gasteiger partial charge is 0.212 e.